The standard InChI is InChI=1S/C52H102NO7P/c1-6-8-10-12-14-16-18-20-22-24-25-26-27-28-29-30-31-33-35-37-39-41-43-45-52(54)60-51(50-59-61(55,56)58-48-46-53(3,4)5)49-57-47-44-42-40-38-36-34-32-23-21-19-17-15-13-11-9-7-2/h15,17,21,23,51H,6-14,16,18-20,22,24-50H2,1-5H3/p+1/b17-15-,23-21-. The van der Waals surface area contributed by atoms with Gasteiger partial charge in [-0.15, -0.1) is 0 Å². The van der Waals surface area contributed by atoms with Crippen molar-refractivity contribution in [3.63, 3.8) is 0 Å². The van der Waals surface area contributed by atoms with Crippen molar-refractivity contribution in [2.45, 2.75) is 251 Å². The molecule has 0 spiro atoms. The molecule has 0 radical (unpaired) electrons. The number of quaternary nitrogens is 1. The molecule has 61 heavy (non-hydrogen) atoms. The average molecular weight is 885 g/mol. The van der Waals surface area contributed by atoms with E-state index in [0.29, 0.717) is 24.1 Å². The van der Waals surface area contributed by atoms with Crippen molar-refractivity contribution >= 4 is 13.8 Å². The molecule has 2 unspecified atom stereocenters. The van der Waals surface area contributed by atoms with Crippen LogP contribution in [0, 0.1) is 0 Å². The zero-order valence-corrected chi connectivity index (χ0v) is 42.1. The third-order valence-corrected chi connectivity index (χ3v) is 12.5. The van der Waals surface area contributed by atoms with Gasteiger partial charge in [-0.25, -0.2) is 4.57 Å². The molecule has 0 rings (SSSR count). The smallest absolute Gasteiger partial charge is 0.457 e. The topological polar surface area (TPSA) is 91.3 Å². The molecule has 0 heterocycles. The Balaban J connectivity index is 4.08. The monoisotopic (exact) mass is 885 g/mol. The molecule has 0 bridgehead atoms. The van der Waals surface area contributed by atoms with Crippen molar-refractivity contribution in [1.29, 1.82) is 0 Å². The Morgan fingerprint density at radius 2 is 0.902 bits per heavy atom. The number of carbonyl (C=O) groups excluding carboxylic acids is 1. The Morgan fingerprint density at radius 3 is 1.36 bits per heavy atom. The summed E-state index contributed by atoms with van der Waals surface area (Å²) < 4.78 is 35.1. The summed E-state index contributed by atoms with van der Waals surface area (Å²) in [5.74, 6) is -0.312. The number of rotatable bonds is 49. The summed E-state index contributed by atoms with van der Waals surface area (Å²) in [6.45, 7) is 5.62. The lowest BCUT2D eigenvalue weighted by Gasteiger charge is -2.24. The second-order valence-electron chi connectivity index (χ2n) is 18.9. The lowest BCUT2D eigenvalue weighted by atomic mass is 10.0. The molecule has 0 aromatic carbocycles. The Kier molecular flexibility index (Phi) is 44.8. The highest BCUT2D eigenvalue weighted by molar-refractivity contribution is 7.47. The summed E-state index contributed by atoms with van der Waals surface area (Å²) in [7, 11) is 1.67. The largest absolute Gasteiger partial charge is 0.472 e. The minimum Gasteiger partial charge on any atom is -0.457 e. The van der Waals surface area contributed by atoms with E-state index in [4.69, 9.17) is 18.5 Å². The van der Waals surface area contributed by atoms with E-state index in [-0.39, 0.29) is 25.8 Å². The van der Waals surface area contributed by atoms with Gasteiger partial charge in [0, 0.05) is 13.0 Å². The van der Waals surface area contributed by atoms with Crippen LogP contribution in [0.25, 0.3) is 0 Å². The average Bonchev–Trinajstić information content (AvgIpc) is 3.22. The molecule has 0 aliphatic heterocycles. The lowest BCUT2D eigenvalue weighted by Crippen LogP contribution is -2.37. The van der Waals surface area contributed by atoms with E-state index in [1.54, 1.807) is 0 Å². The van der Waals surface area contributed by atoms with Crippen LogP contribution < -0.4 is 0 Å². The first-order valence-electron chi connectivity index (χ1n) is 26.1. The van der Waals surface area contributed by atoms with Crippen LogP contribution in [0.5, 0.6) is 0 Å². The van der Waals surface area contributed by atoms with E-state index in [1.165, 1.54) is 180 Å². The summed E-state index contributed by atoms with van der Waals surface area (Å²) in [6, 6.07) is 0. The number of unbranched alkanes of at least 4 members (excludes halogenated alkanes) is 31. The third kappa shape index (κ3) is 49.8. The summed E-state index contributed by atoms with van der Waals surface area (Å²) in [4.78, 5) is 23.0. The van der Waals surface area contributed by atoms with Crippen LogP contribution in [0.4, 0.5) is 0 Å². The number of carbonyl (C=O) groups is 1. The maximum Gasteiger partial charge on any atom is 0.472 e. The number of allylic oxidation sites excluding steroid dienone is 4. The SMILES string of the molecule is CCCCC/C=C\C/C=C\CCCCCCCCOCC(COP(=O)(O)OCC[N+](C)(C)C)OC(=O)CCCCCCCCCCCCCCCCCCCCCCCCC. The molecule has 0 aliphatic rings. The van der Waals surface area contributed by atoms with Gasteiger partial charge >= 0.3 is 13.8 Å². The van der Waals surface area contributed by atoms with Gasteiger partial charge in [-0.1, -0.05) is 218 Å². The van der Waals surface area contributed by atoms with Crippen molar-refractivity contribution in [2.75, 3.05) is 54.1 Å². The van der Waals surface area contributed by atoms with E-state index in [2.05, 4.69) is 38.2 Å². The molecule has 0 aliphatic carbocycles. The summed E-state index contributed by atoms with van der Waals surface area (Å²) in [5, 5.41) is 0. The molecule has 8 nitrogen and oxygen atoms in total. The molecule has 2 atom stereocenters. The minimum atomic E-state index is -4.28. The van der Waals surface area contributed by atoms with E-state index in [1.807, 2.05) is 21.1 Å². The summed E-state index contributed by atoms with van der Waals surface area (Å²) in [5.41, 5.74) is 0. The molecule has 362 valence electrons. The molecular formula is C52H103NO7P+. The number of hydrogen-bond acceptors (Lipinski definition) is 6. The van der Waals surface area contributed by atoms with Crippen molar-refractivity contribution < 1.29 is 37.3 Å². The number of likely N-dealkylation sites (N-methyl/N-ethyl adjacent to an activating group) is 1. The highest BCUT2D eigenvalue weighted by Gasteiger charge is 2.26. The molecule has 0 fully saturated rings. The summed E-state index contributed by atoms with van der Waals surface area (Å²) in [6.07, 6.45) is 53.7. The highest BCUT2D eigenvalue weighted by Crippen LogP contribution is 2.43. The van der Waals surface area contributed by atoms with Gasteiger partial charge in [0.2, 0.25) is 0 Å². The van der Waals surface area contributed by atoms with Gasteiger partial charge in [0.15, 0.2) is 0 Å². The van der Waals surface area contributed by atoms with Gasteiger partial charge in [0.25, 0.3) is 0 Å². The lowest BCUT2D eigenvalue weighted by molar-refractivity contribution is -0.870. The highest BCUT2D eigenvalue weighted by atomic mass is 31.2. The van der Waals surface area contributed by atoms with Gasteiger partial charge in [0.1, 0.15) is 19.3 Å². The van der Waals surface area contributed by atoms with Crippen LogP contribution in [0.1, 0.15) is 245 Å². The second kappa shape index (κ2) is 45.5. The second-order valence-corrected chi connectivity index (χ2v) is 20.4. The Hall–Kier alpha value is -1.02. The predicted octanol–water partition coefficient (Wildman–Crippen LogP) is 16.0. The number of nitrogens with zero attached hydrogens (tertiary/aromatic N) is 1. The Bertz CT molecular complexity index is 1030. The van der Waals surface area contributed by atoms with E-state index in [9.17, 15) is 14.3 Å². The van der Waals surface area contributed by atoms with Crippen LogP contribution in [0.2, 0.25) is 0 Å². The van der Waals surface area contributed by atoms with E-state index < -0.39 is 13.9 Å². The maximum atomic E-state index is 12.8. The molecule has 0 saturated carbocycles. The number of ether oxygens (including phenoxy) is 2. The van der Waals surface area contributed by atoms with Gasteiger partial charge in [-0.2, -0.15) is 0 Å². The third-order valence-electron chi connectivity index (χ3n) is 11.5. The van der Waals surface area contributed by atoms with Crippen LogP contribution in [-0.4, -0.2) is 75.6 Å². The molecule has 0 aromatic rings. The molecule has 0 amide bonds. The van der Waals surface area contributed by atoms with E-state index in [0.717, 1.165) is 44.9 Å². The van der Waals surface area contributed by atoms with Crippen molar-refractivity contribution in [2.24, 2.45) is 0 Å². The van der Waals surface area contributed by atoms with Crippen molar-refractivity contribution in [3.05, 3.63) is 24.3 Å². The van der Waals surface area contributed by atoms with Crippen LogP contribution in [0.15, 0.2) is 24.3 Å². The molecule has 9 heteroatoms. The van der Waals surface area contributed by atoms with Crippen LogP contribution in [-0.2, 0) is 27.9 Å². The van der Waals surface area contributed by atoms with Gasteiger partial charge < -0.3 is 18.9 Å². The quantitative estimate of drug-likeness (QED) is 0.0214. The fourth-order valence-corrected chi connectivity index (χ4v) is 8.21. The minimum absolute atomic E-state index is 0.0886. The van der Waals surface area contributed by atoms with Crippen LogP contribution in [0.3, 0.4) is 0 Å². The number of phosphoric ester groups is 1. The first kappa shape index (κ1) is 60.0. The first-order valence-corrected chi connectivity index (χ1v) is 27.6. The Labute approximate surface area is 379 Å². The van der Waals surface area contributed by atoms with Crippen molar-refractivity contribution in [3.8, 4) is 0 Å². The molecule has 0 saturated heterocycles. The number of phosphoric acid groups is 1. The predicted molar refractivity (Wildman–Crippen MR) is 261 cm³/mol. The fourth-order valence-electron chi connectivity index (χ4n) is 7.47. The first-order chi connectivity index (χ1) is 29.6. The van der Waals surface area contributed by atoms with Crippen LogP contribution >= 0.6 is 7.82 Å². The van der Waals surface area contributed by atoms with Gasteiger partial charge in [-0.05, 0) is 44.9 Å². The normalized spacial score (nSPS) is 13.7. The zero-order chi connectivity index (χ0) is 44.8. The maximum absolute atomic E-state index is 12.8. The molecule has 0 aromatic heterocycles. The van der Waals surface area contributed by atoms with Gasteiger partial charge in [0.05, 0.1) is 34.4 Å². The number of hydrogen-bond donors (Lipinski definition) is 1. The number of esters is 1. The zero-order valence-electron chi connectivity index (χ0n) is 41.2. The summed E-state index contributed by atoms with van der Waals surface area (Å²) >= 11 is 0. The Morgan fingerprint density at radius 1 is 0.508 bits per heavy atom. The van der Waals surface area contributed by atoms with E-state index >= 15 is 0 Å². The molecule has 1 N–H and O–H groups in total. The van der Waals surface area contributed by atoms with Gasteiger partial charge in [-0.3, -0.25) is 13.8 Å². The molecular weight excluding hydrogens is 782 g/mol. The fraction of sp³-hybridized carbons (Fsp3) is 0.904. The van der Waals surface area contributed by atoms with Crippen molar-refractivity contribution in [1.82, 2.24) is 0 Å².